The van der Waals surface area contributed by atoms with Gasteiger partial charge in [0.05, 0.1) is 19.6 Å². The van der Waals surface area contributed by atoms with Crippen molar-refractivity contribution >= 4 is 5.97 Å². The summed E-state index contributed by atoms with van der Waals surface area (Å²) in [5.41, 5.74) is 9.39. The number of fused-ring (bicyclic) bond motifs is 1. The number of benzene rings is 1. The number of hydrogen-bond acceptors (Lipinski definition) is 4. The molecule has 1 aromatic rings. The second kappa shape index (κ2) is 6.06. The van der Waals surface area contributed by atoms with E-state index in [-0.39, 0.29) is 12.0 Å². The lowest BCUT2D eigenvalue weighted by molar-refractivity contribution is -0.142. The normalized spacial score (nSPS) is 17.1. The number of rotatable bonds is 5. The molecule has 0 amide bonds. The fourth-order valence-corrected chi connectivity index (χ4v) is 2.62. The van der Waals surface area contributed by atoms with Crippen molar-refractivity contribution in [3.63, 3.8) is 0 Å². The Morgan fingerprint density at radius 2 is 2.00 bits per heavy atom. The van der Waals surface area contributed by atoms with Crippen LogP contribution in [0.5, 0.6) is 5.75 Å². The lowest BCUT2D eigenvalue weighted by Gasteiger charge is -2.12. The van der Waals surface area contributed by atoms with Gasteiger partial charge in [-0.15, -0.1) is 0 Å². The predicted molar refractivity (Wildman–Crippen MR) is 73.3 cm³/mol. The van der Waals surface area contributed by atoms with Gasteiger partial charge < -0.3 is 15.2 Å². The van der Waals surface area contributed by atoms with Crippen molar-refractivity contribution in [3.05, 3.63) is 28.8 Å². The summed E-state index contributed by atoms with van der Waals surface area (Å²) in [6, 6.07) is 4.02. The van der Waals surface area contributed by atoms with Gasteiger partial charge in [-0.1, -0.05) is 6.07 Å². The summed E-state index contributed by atoms with van der Waals surface area (Å²) in [5.74, 6) is 0.715. The molecule has 1 aliphatic rings. The molecule has 19 heavy (non-hydrogen) atoms. The quantitative estimate of drug-likeness (QED) is 0.820. The number of carbonyl (C=O) groups is 1. The lowest BCUT2D eigenvalue weighted by atomic mass is 10.00. The van der Waals surface area contributed by atoms with Gasteiger partial charge in [0.15, 0.2) is 0 Å². The van der Waals surface area contributed by atoms with E-state index in [0.717, 1.165) is 29.7 Å². The second-order valence-electron chi connectivity index (χ2n) is 4.76. The van der Waals surface area contributed by atoms with Gasteiger partial charge in [0.25, 0.3) is 0 Å². The topological polar surface area (TPSA) is 61.5 Å². The third-order valence-corrected chi connectivity index (χ3v) is 3.36. The van der Waals surface area contributed by atoms with Crippen molar-refractivity contribution in [1.29, 1.82) is 0 Å². The van der Waals surface area contributed by atoms with Crippen molar-refractivity contribution in [1.82, 2.24) is 0 Å². The largest absolute Gasteiger partial charge is 0.494 e. The van der Waals surface area contributed by atoms with Gasteiger partial charge in [0.2, 0.25) is 0 Å². The van der Waals surface area contributed by atoms with E-state index in [9.17, 15) is 4.79 Å². The Kier molecular flexibility index (Phi) is 4.43. The zero-order valence-corrected chi connectivity index (χ0v) is 11.6. The minimum atomic E-state index is -0.186. The molecule has 0 aromatic heterocycles. The highest BCUT2D eigenvalue weighted by atomic mass is 16.5. The number of esters is 1. The van der Waals surface area contributed by atoms with E-state index >= 15 is 0 Å². The average Bonchev–Trinajstić information content (AvgIpc) is 2.75. The third-order valence-electron chi connectivity index (χ3n) is 3.36. The van der Waals surface area contributed by atoms with Gasteiger partial charge in [-0.25, -0.2) is 0 Å². The Balaban J connectivity index is 2.27. The lowest BCUT2D eigenvalue weighted by Crippen LogP contribution is -2.19. The van der Waals surface area contributed by atoms with E-state index in [0.29, 0.717) is 19.6 Å². The average molecular weight is 263 g/mol. The fourth-order valence-electron chi connectivity index (χ4n) is 2.62. The van der Waals surface area contributed by atoms with Crippen LogP contribution < -0.4 is 10.5 Å². The maximum atomic E-state index is 11.6. The minimum absolute atomic E-state index is 0.123. The highest BCUT2D eigenvalue weighted by molar-refractivity contribution is 5.73. The van der Waals surface area contributed by atoms with Gasteiger partial charge in [-0.05, 0) is 49.4 Å². The standard InChI is InChI=1S/C15H21NO3/c1-3-18-14-6-5-10(7-15(17)19-4-2)12-8-11(16)9-13(12)14/h5-6,11H,3-4,7-9,16H2,1-2H3. The molecule has 0 spiro atoms. The van der Waals surface area contributed by atoms with E-state index in [1.165, 1.54) is 5.56 Å². The molecule has 2 N–H and O–H groups in total. The maximum absolute atomic E-state index is 11.6. The van der Waals surface area contributed by atoms with Crippen LogP contribution in [0.2, 0.25) is 0 Å². The SMILES string of the molecule is CCOC(=O)Cc1ccc(OCC)c2c1CC(N)C2. The molecule has 0 radical (unpaired) electrons. The molecule has 0 fully saturated rings. The predicted octanol–water partition coefficient (Wildman–Crippen LogP) is 1.62. The molecule has 0 heterocycles. The summed E-state index contributed by atoms with van der Waals surface area (Å²) in [7, 11) is 0. The van der Waals surface area contributed by atoms with Crippen LogP contribution in [-0.2, 0) is 28.8 Å². The molecule has 0 bridgehead atoms. The summed E-state index contributed by atoms with van der Waals surface area (Å²) in [6.45, 7) is 4.83. The summed E-state index contributed by atoms with van der Waals surface area (Å²) < 4.78 is 10.6. The first-order valence-electron chi connectivity index (χ1n) is 6.83. The third kappa shape index (κ3) is 3.07. The Hall–Kier alpha value is -1.55. The monoisotopic (exact) mass is 263 g/mol. The van der Waals surface area contributed by atoms with E-state index in [2.05, 4.69) is 0 Å². The van der Waals surface area contributed by atoms with Crippen LogP contribution in [-0.4, -0.2) is 25.2 Å². The molecule has 1 atom stereocenters. The zero-order chi connectivity index (χ0) is 13.8. The molecule has 0 saturated carbocycles. The summed E-state index contributed by atoms with van der Waals surface area (Å²) in [4.78, 5) is 11.6. The van der Waals surface area contributed by atoms with Crippen LogP contribution in [0.4, 0.5) is 0 Å². The first-order chi connectivity index (χ1) is 9.15. The van der Waals surface area contributed by atoms with E-state index < -0.39 is 0 Å². The molecule has 1 unspecified atom stereocenters. The number of ether oxygens (including phenoxy) is 2. The van der Waals surface area contributed by atoms with Gasteiger partial charge in [-0.3, -0.25) is 4.79 Å². The van der Waals surface area contributed by atoms with E-state index in [4.69, 9.17) is 15.2 Å². The number of carbonyl (C=O) groups excluding carboxylic acids is 1. The highest BCUT2D eigenvalue weighted by Gasteiger charge is 2.25. The molecule has 1 aliphatic carbocycles. The van der Waals surface area contributed by atoms with Crippen molar-refractivity contribution in [3.8, 4) is 5.75 Å². The summed E-state index contributed by atoms with van der Waals surface area (Å²) in [6.07, 6.45) is 1.95. The van der Waals surface area contributed by atoms with E-state index in [1.54, 1.807) is 0 Å². The van der Waals surface area contributed by atoms with Crippen LogP contribution in [0, 0.1) is 0 Å². The second-order valence-corrected chi connectivity index (χ2v) is 4.76. The Morgan fingerprint density at radius 3 is 2.68 bits per heavy atom. The van der Waals surface area contributed by atoms with Crippen molar-refractivity contribution in [2.75, 3.05) is 13.2 Å². The number of hydrogen-bond donors (Lipinski definition) is 1. The zero-order valence-electron chi connectivity index (χ0n) is 11.6. The molecule has 0 aliphatic heterocycles. The van der Waals surface area contributed by atoms with Crippen LogP contribution in [0.1, 0.15) is 30.5 Å². The summed E-state index contributed by atoms with van der Waals surface area (Å²) in [5, 5.41) is 0. The molecule has 2 rings (SSSR count). The van der Waals surface area contributed by atoms with Crippen molar-refractivity contribution in [2.45, 2.75) is 39.2 Å². The maximum Gasteiger partial charge on any atom is 0.310 e. The smallest absolute Gasteiger partial charge is 0.310 e. The Bertz CT molecular complexity index is 471. The van der Waals surface area contributed by atoms with Crippen LogP contribution in [0.15, 0.2) is 12.1 Å². The molecular formula is C15H21NO3. The molecule has 104 valence electrons. The van der Waals surface area contributed by atoms with Gasteiger partial charge in [-0.2, -0.15) is 0 Å². The molecule has 1 aromatic carbocycles. The fraction of sp³-hybridized carbons (Fsp3) is 0.533. The molecular weight excluding hydrogens is 242 g/mol. The minimum Gasteiger partial charge on any atom is -0.494 e. The van der Waals surface area contributed by atoms with Gasteiger partial charge in [0, 0.05) is 6.04 Å². The highest BCUT2D eigenvalue weighted by Crippen LogP contribution is 2.33. The van der Waals surface area contributed by atoms with Crippen molar-refractivity contribution in [2.24, 2.45) is 5.73 Å². The van der Waals surface area contributed by atoms with E-state index in [1.807, 2.05) is 26.0 Å². The molecule has 4 heteroatoms. The summed E-state index contributed by atoms with van der Waals surface area (Å²) >= 11 is 0. The number of nitrogens with two attached hydrogens (primary N) is 1. The molecule has 4 nitrogen and oxygen atoms in total. The van der Waals surface area contributed by atoms with Crippen molar-refractivity contribution < 1.29 is 14.3 Å². The van der Waals surface area contributed by atoms with Crippen LogP contribution >= 0.6 is 0 Å². The Morgan fingerprint density at radius 1 is 1.26 bits per heavy atom. The molecule has 0 saturated heterocycles. The van der Waals surface area contributed by atoms with Gasteiger partial charge in [0.1, 0.15) is 5.75 Å². The first kappa shape index (κ1) is 13.9. The van der Waals surface area contributed by atoms with Gasteiger partial charge >= 0.3 is 5.97 Å². The van der Waals surface area contributed by atoms with Crippen LogP contribution in [0.3, 0.4) is 0 Å². The Labute approximate surface area is 113 Å². The first-order valence-corrected chi connectivity index (χ1v) is 6.83. The van der Waals surface area contributed by atoms with Crippen LogP contribution in [0.25, 0.3) is 0 Å².